The molecule has 158 valence electrons. The lowest BCUT2D eigenvalue weighted by molar-refractivity contribution is -0.123. The zero-order valence-electron chi connectivity index (χ0n) is 17.8. The van der Waals surface area contributed by atoms with Gasteiger partial charge < -0.3 is 9.80 Å². The molecule has 2 aliphatic rings. The summed E-state index contributed by atoms with van der Waals surface area (Å²) in [5, 5.41) is 1.91. The average molecular weight is 449 g/mol. The van der Waals surface area contributed by atoms with Gasteiger partial charge in [0.25, 0.3) is 11.8 Å². The number of fused-ring (bicyclic) bond motifs is 2. The maximum atomic E-state index is 14.2. The molecular formula is C25H24N2O2S2. The second-order valence-corrected chi connectivity index (χ2v) is 11.6. The van der Waals surface area contributed by atoms with Crippen LogP contribution < -0.4 is 4.90 Å². The Labute approximate surface area is 190 Å². The highest BCUT2D eigenvalue weighted by Crippen LogP contribution is 2.60. The van der Waals surface area contributed by atoms with Gasteiger partial charge >= 0.3 is 0 Å². The fraction of sp³-hybridized carbons (Fsp3) is 0.280. The first-order chi connectivity index (χ1) is 14.8. The molecule has 1 unspecified atom stereocenters. The number of amides is 2. The van der Waals surface area contributed by atoms with Gasteiger partial charge in [0.15, 0.2) is 4.87 Å². The van der Waals surface area contributed by atoms with E-state index in [0.29, 0.717) is 18.0 Å². The van der Waals surface area contributed by atoms with E-state index in [1.807, 2.05) is 76.7 Å². The number of anilines is 1. The van der Waals surface area contributed by atoms with Crippen LogP contribution in [0.1, 0.15) is 40.2 Å². The molecule has 6 heteroatoms. The fourth-order valence-corrected chi connectivity index (χ4v) is 6.97. The third kappa shape index (κ3) is 3.20. The highest BCUT2D eigenvalue weighted by Gasteiger charge is 2.63. The number of rotatable bonds is 3. The van der Waals surface area contributed by atoms with Crippen molar-refractivity contribution in [2.45, 2.75) is 36.9 Å². The average Bonchev–Trinajstić information content (AvgIpc) is 3.43. The van der Waals surface area contributed by atoms with Gasteiger partial charge in [-0.25, -0.2) is 0 Å². The number of hydrogen-bond acceptors (Lipinski definition) is 4. The normalized spacial score (nSPS) is 21.7. The Bertz CT molecular complexity index is 1160. The second-order valence-electron chi connectivity index (χ2n) is 8.77. The van der Waals surface area contributed by atoms with E-state index >= 15 is 0 Å². The summed E-state index contributed by atoms with van der Waals surface area (Å²) in [5.41, 5.74) is 3.97. The monoisotopic (exact) mass is 448 g/mol. The van der Waals surface area contributed by atoms with Gasteiger partial charge in [-0.3, -0.25) is 9.59 Å². The summed E-state index contributed by atoms with van der Waals surface area (Å²) in [4.78, 5) is 31.1. The van der Waals surface area contributed by atoms with E-state index in [-0.39, 0.29) is 16.6 Å². The van der Waals surface area contributed by atoms with Crippen LogP contribution in [0.4, 0.5) is 5.69 Å². The lowest BCUT2D eigenvalue weighted by Gasteiger charge is -2.33. The summed E-state index contributed by atoms with van der Waals surface area (Å²) in [6.07, 6.45) is 0. The molecule has 0 N–H and O–H groups in total. The molecular weight excluding hydrogens is 424 g/mol. The van der Waals surface area contributed by atoms with Gasteiger partial charge in [0.05, 0.1) is 17.1 Å². The fourth-order valence-electron chi connectivity index (χ4n) is 4.57. The predicted molar refractivity (Wildman–Crippen MR) is 128 cm³/mol. The van der Waals surface area contributed by atoms with E-state index < -0.39 is 4.87 Å². The summed E-state index contributed by atoms with van der Waals surface area (Å²) < 4.78 is -0.244. The molecule has 31 heavy (non-hydrogen) atoms. The number of carbonyl (C=O) groups is 2. The van der Waals surface area contributed by atoms with Crippen molar-refractivity contribution < 1.29 is 9.59 Å². The first kappa shape index (κ1) is 20.3. The highest BCUT2D eigenvalue weighted by molar-refractivity contribution is 8.02. The Hall–Kier alpha value is -2.57. The summed E-state index contributed by atoms with van der Waals surface area (Å²) in [5.74, 6) is -0.104. The molecule has 1 saturated heterocycles. The van der Waals surface area contributed by atoms with Crippen LogP contribution in [-0.4, -0.2) is 28.0 Å². The van der Waals surface area contributed by atoms with E-state index in [9.17, 15) is 9.59 Å². The zero-order valence-corrected chi connectivity index (χ0v) is 19.4. The molecule has 1 spiro atoms. The Morgan fingerprint density at radius 1 is 1.06 bits per heavy atom. The molecule has 3 heterocycles. The third-order valence-corrected chi connectivity index (χ3v) is 8.30. The Morgan fingerprint density at radius 2 is 1.84 bits per heavy atom. The molecule has 4 nitrogen and oxygen atoms in total. The lowest BCUT2D eigenvalue weighted by Crippen LogP contribution is -2.50. The van der Waals surface area contributed by atoms with Crippen LogP contribution in [0.25, 0.3) is 0 Å². The quantitative estimate of drug-likeness (QED) is 0.537. The van der Waals surface area contributed by atoms with Crippen molar-refractivity contribution in [3.05, 3.63) is 87.6 Å². The number of thioether (sulfide) groups is 1. The zero-order chi connectivity index (χ0) is 21.8. The Morgan fingerprint density at radius 3 is 2.55 bits per heavy atom. The molecule has 0 bridgehead atoms. The maximum Gasteiger partial charge on any atom is 0.268 e. The molecule has 3 aromatic rings. The summed E-state index contributed by atoms with van der Waals surface area (Å²) in [6.45, 7) is 7.27. The number of nitrogens with zero attached hydrogens (tertiary/aromatic N) is 2. The molecule has 0 saturated carbocycles. The SMILES string of the molecule is Cc1ccc2c(c1)C1(SC(C)(C)CN1C(=O)c1cccs1)C(=O)N2Cc1ccccc1. The van der Waals surface area contributed by atoms with Gasteiger partial charge in [-0.05, 0) is 43.8 Å². The van der Waals surface area contributed by atoms with E-state index in [4.69, 9.17) is 0 Å². The van der Waals surface area contributed by atoms with Crippen LogP contribution >= 0.6 is 23.1 Å². The molecule has 1 atom stereocenters. The van der Waals surface area contributed by atoms with Crippen molar-refractivity contribution in [2.75, 3.05) is 11.4 Å². The molecule has 0 radical (unpaired) electrons. The van der Waals surface area contributed by atoms with E-state index in [1.54, 1.807) is 11.8 Å². The second kappa shape index (κ2) is 7.24. The van der Waals surface area contributed by atoms with Crippen molar-refractivity contribution in [2.24, 2.45) is 0 Å². The summed E-state index contributed by atoms with van der Waals surface area (Å²) in [7, 11) is 0. The van der Waals surface area contributed by atoms with Gasteiger partial charge in [-0.2, -0.15) is 0 Å². The standard InChI is InChI=1S/C25H24N2O2S2/c1-17-11-12-20-19(14-17)25(23(29)26(20)15-18-8-5-4-6-9-18)27(16-24(2,3)31-25)22(28)21-10-7-13-30-21/h4-14H,15-16H2,1-3H3. The minimum atomic E-state index is -1.04. The smallest absolute Gasteiger partial charge is 0.268 e. The van der Waals surface area contributed by atoms with Gasteiger partial charge in [-0.1, -0.05) is 54.1 Å². The van der Waals surface area contributed by atoms with Gasteiger partial charge in [-0.15, -0.1) is 23.1 Å². The van der Waals surface area contributed by atoms with Crippen molar-refractivity contribution in [3.63, 3.8) is 0 Å². The topological polar surface area (TPSA) is 40.6 Å². The molecule has 5 rings (SSSR count). The van der Waals surface area contributed by atoms with Crippen molar-refractivity contribution in [1.29, 1.82) is 0 Å². The van der Waals surface area contributed by atoms with Gasteiger partial charge in [0, 0.05) is 16.9 Å². The number of thiophene rings is 1. The van der Waals surface area contributed by atoms with Crippen LogP contribution in [-0.2, 0) is 16.2 Å². The highest BCUT2D eigenvalue weighted by atomic mass is 32.2. The van der Waals surface area contributed by atoms with E-state index in [0.717, 1.165) is 22.4 Å². The van der Waals surface area contributed by atoms with Crippen molar-refractivity contribution in [1.82, 2.24) is 4.90 Å². The first-order valence-electron chi connectivity index (χ1n) is 10.3. The summed E-state index contributed by atoms with van der Waals surface area (Å²) in [6, 6.07) is 19.9. The third-order valence-electron chi connectivity index (χ3n) is 5.85. The van der Waals surface area contributed by atoms with Gasteiger partial charge in [0.1, 0.15) is 0 Å². The van der Waals surface area contributed by atoms with Crippen LogP contribution in [0.2, 0.25) is 0 Å². The largest absolute Gasteiger partial charge is 0.309 e. The van der Waals surface area contributed by atoms with Crippen molar-refractivity contribution >= 4 is 40.6 Å². The number of aryl methyl sites for hydroxylation is 1. The molecule has 1 fully saturated rings. The number of hydrogen-bond donors (Lipinski definition) is 0. The van der Waals surface area contributed by atoms with Crippen LogP contribution in [0.3, 0.4) is 0 Å². The summed E-state index contributed by atoms with van der Waals surface area (Å²) >= 11 is 3.03. The predicted octanol–water partition coefficient (Wildman–Crippen LogP) is 5.42. The Kier molecular flexibility index (Phi) is 4.75. The minimum absolute atomic E-state index is 0.0302. The van der Waals surface area contributed by atoms with E-state index in [2.05, 4.69) is 19.9 Å². The van der Waals surface area contributed by atoms with Crippen LogP contribution in [0.5, 0.6) is 0 Å². The van der Waals surface area contributed by atoms with Crippen LogP contribution in [0, 0.1) is 6.92 Å². The molecule has 2 amide bonds. The molecule has 2 aliphatic heterocycles. The minimum Gasteiger partial charge on any atom is -0.309 e. The molecule has 1 aromatic heterocycles. The Balaban J connectivity index is 1.67. The molecule has 2 aromatic carbocycles. The molecule has 0 aliphatic carbocycles. The number of benzene rings is 2. The maximum absolute atomic E-state index is 14.2. The van der Waals surface area contributed by atoms with Crippen LogP contribution in [0.15, 0.2) is 66.0 Å². The van der Waals surface area contributed by atoms with E-state index in [1.165, 1.54) is 11.3 Å². The lowest BCUT2D eigenvalue weighted by atomic mass is 10.0. The number of carbonyl (C=O) groups excluding carboxylic acids is 2. The van der Waals surface area contributed by atoms with Crippen molar-refractivity contribution in [3.8, 4) is 0 Å². The van der Waals surface area contributed by atoms with Gasteiger partial charge in [0.2, 0.25) is 0 Å². The first-order valence-corrected chi connectivity index (χ1v) is 12.0.